The molecule has 2 heterocycles. The third kappa shape index (κ3) is 4.92. The number of aromatic amines is 1. The van der Waals surface area contributed by atoms with Gasteiger partial charge in [0, 0.05) is 26.6 Å². The van der Waals surface area contributed by atoms with E-state index in [1.54, 1.807) is 31.5 Å². The monoisotopic (exact) mass is 356 g/mol. The van der Waals surface area contributed by atoms with Crippen LogP contribution in [0.25, 0.3) is 11.6 Å². The highest BCUT2D eigenvalue weighted by Crippen LogP contribution is 2.14. The molecular weight excluding hydrogens is 335 g/mol. The van der Waals surface area contributed by atoms with E-state index in [0.29, 0.717) is 37.1 Å². The molecule has 0 aliphatic heterocycles. The van der Waals surface area contributed by atoms with Crippen molar-refractivity contribution in [3.63, 3.8) is 0 Å². The van der Waals surface area contributed by atoms with Gasteiger partial charge in [-0.15, -0.1) is 0 Å². The first kappa shape index (κ1) is 17.7. The standard InChI is InChI=1S/C18H21FN6O/c1-20-18(21-10-8-13-4-6-14(19)7-5-13)22-11-9-16-23-17(25-24-16)15-3-2-12-26-15/h2-7,12H,8-11H2,1H3,(H2,20,21,22)(H,23,24,25). The highest BCUT2D eigenvalue weighted by atomic mass is 19.1. The van der Waals surface area contributed by atoms with Crippen LogP contribution in [0.2, 0.25) is 0 Å². The normalized spacial score (nSPS) is 11.5. The molecule has 0 aliphatic carbocycles. The molecule has 0 amide bonds. The van der Waals surface area contributed by atoms with E-state index in [0.717, 1.165) is 17.8 Å². The first-order valence-corrected chi connectivity index (χ1v) is 8.38. The zero-order valence-electron chi connectivity index (χ0n) is 14.5. The first-order valence-electron chi connectivity index (χ1n) is 8.38. The molecule has 26 heavy (non-hydrogen) atoms. The molecule has 7 nitrogen and oxygen atoms in total. The fraction of sp³-hybridized carbons (Fsp3) is 0.278. The quantitative estimate of drug-likeness (QED) is 0.446. The largest absolute Gasteiger partial charge is 0.461 e. The van der Waals surface area contributed by atoms with Crippen LogP contribution in [0.3, 0.4) is 0 Å². The Morgan fingerprint density at radius 1 is 1.15 bits per heavy atom. The van der Waals surface area contributed by atoms with Crippen molar-refractivity contribution in [3.05, 3.63) is 59.9 Å². The molecule has 0 fully saturated rings. The molecule has 0 aliphatic rings. The van der Waals surface area contributed by atoms with Crippen LogP contribution in [-0.2, 0) is 12.8 Å². The van der Waals surface area contributed by atoms with Gasteiger partial charge >= 0.3 is 0 Å². The van der Waals surface area contributed by atoms with Gasteiger partial charge in [-0.05, 0) is 36.2 Å². The molecule has 0 unspecified atom stereocenters. The number of halogens is 1. The Bertz CT molecular complexity index is 826. The van der Waals surface area contributed by atoms with Crippen molar-refractivity contribution in [2.75, 3.05) is 20.1 Å². The number of benzene rings is 1. The molecule has 0 saturated carbocycles. The summed E-state index contributed by atoms with van der Waals surface area (Å²) >= 11 is 0. The number of hydrogen-bond acceptors (Lipinski definition) is 4. The molecule has 0 spiro atoms. The van der Waals surface area contributed by atoms with E-state index in [9.17, 15) is 4.39 Å². The van der Waals surface area contributed by atoms with E-state index >= 15 is 0 Å². The highest BCUT2D eigenvalue weighted by Gasteiger charge is 2.08. The maximum absolute atomic E-state index is 12.9. The van der Waals surface area contributed by atoms with Crippen molar-refractivity contribution >= 4 is 5.96 Å². The van der Waals surface area contributed by atoms with Crippen LogP contribution in [0.4, 0.5) is 4.39 Å². The first-order chi connectivity index (χ1) is 12.7. The van der Waals surface area contributed by atoms with Gasteiger partial charge < -0.3 is 15.1 Å². The number of guanidine groups is 1. The number of H-pyrrole nitrogens is 1. The second-order valence-corrected chi connectivity index (χ2v) is 5.64. The molecule has 2 aromatic heterocycles. The minimum atomic E-state index is -0.221. The van der Waals surface area contributed by atoms with Gasteiger partial charge in [-0.2, -0.15) is 5.10 Å². The highest BCUT2D eigenvalue weighted by molar-refractivity contribution is 5.79. The fourth-order valence-electron chi connectivity index (χ4n) is 2.42. The van der Waals surface area contributed by atoms with E-state index in [2.05, 4.69) is 30.8 Å². The Morgan fingerprint density at radius 2 is 1.92 bits per heavy atom. The smallest absolute Gasteiger partial charge is 0.216 e. The van der Waals surface area contributed by atoms with E-state index in [-0.39, 0.29) is 5.82 Å². The van der Waals surface area contributed by atoms with Crippen molar-refractivity contribution in [1.82, 2.24) is 25.8 Å². The zero-order chi connectivity index (χ0) is 18.2. The number of rotatable bonds is 7. The molecule has 0 atom stereocenters. The number of nitrogens with zero attached hydrogens (tertiary/aromatic N) is 3. The van der Waals surface area contributed by atoms with E-state index in [1.165, 1.54) is 12.1 Å². The number of aromatic nitrogens is 3. The number of furan rings is 1. The second-order valence-electron chi connectivity index (χ2n) is 5.64. The van der Waals surface area contributed by atoms with Crippen LogP contribution in [0.15, 0.2) is 52.1 Å². The molecule has 3 aromatic rings. The Balaban J connectivity index is 1.39. The lowest BCUT2D eigenvalue weighted by Crippen LogP contribution is -2.39. The van der Waals surface area contributed by atoms with Crippen molar-refractivity contribution in [3.8, 4) is 11.6 Å². The van der Waals surface area contributed by atoms with Crippen LogP contribution >= 0.6 is 0 Å². The summed E-state index contributed by atoms with van der Waals surface area (Å²) in [4.78, 5) is 8.58. The molecular formula is C18H21FN6O. The summed E-state index contributed by atoms with van der Waals surface area (Å²) in [6.45, 7) is 1.36. The van der Waals surface area contributed by atoms with Gasteiger partial charge in [0.25, 0.3) is 0 Å². The average Bonchev–Trinajstić information content (AvgIpc) is 3.33. The third-order valence-electron chi connectivity index (χ3n) is 3.77. The Hall–Kier alpha value is -3.16. The van der Waals surface area contributed by atoms with Crippen molar-refractivity contribution in [1.29, 1.82) is 0 Å². The van der Waals surface area contributed by atoms with Crippen LogP contribution in [0, 0.1) is 5.82 Å². The Labute approximate surface area is 150 Å². The molecule has 3 N–H and O–H groups in total. The summed E-state index contributed by atoms with van der Waals surface area (Å²) in [7, 11) is 1.72. The van der Waals surface area contributed by atoms with E-state index in [4.69, 9.17) is 4.42 Å². The van der Waals surface area contributed by atoms with Crippen LogP contribution in [0.5, 0.6) is 0 Å². The van der Waals surface area contributed by atoms with Gasteiger partial charge in [-0.25, -0.2) is 9.37 Å². The molecule has 0 saturated heterocycles. The summed E-state index contributed by atoms with van der Waals surface area (Å²) in [5.74, 6) is 2.44. The summed E-state index contributed by atoms with van der Waals surface area (Å²) in [6.07, 6.45) is 3.05. The van der Waals surface area contributed by atoms with Gasteiger partial charge in [0.1, 0.15) is 11.6 Å². The van der Waals surface area contributed by atoms with Crippen LogP contribution in [-0.4, -0.2) is 41.3 Å². The molecule has 0 bridgehead atoms. The van der Waals surface area contributed by atoms with Gasteiger partial charge in [-0.1, -0.05) is 12.1 Å². The molecule has 3 rings (SSSR count). The maximum atomic E-state index is 12.9. The predicted octanol–water partition coefficient (Wildman–Crippen LogP) is 2.15. The lowest BCUT2D eigenvalue weighted by molar-refractivity contribution is 0.577. The van der Waals surface area contributed by atoms with Crippen molar-refractivity contribution in [2.24, 2.45) is 4.99 Å². The van der Waals surface area contributed by atoms with Crippen molar-refractivity contribution < 1.29 is 8.81 Å². The number of hydrogen-bond donors (Lipinski definition) is 3. The summed E-state index contributed by atoms with van der Waals surface area (Å²) in [5.41, 5.74) is 1.07. The number of aliphatic imine (C=N–C) groups is 1. The summed E-state index contributed by atoms with van der Waals surface area (Å²) in [6, 6.07) is 10.1. The van der Waals surface area contributed by atoms with E-state index < -0.39 is 0 Å². The fourth-order valence-corrected chi connectivity index (χ4v) is 2.42. The molecule has 136 valence electrons. The maximum Gasteiger partial charge on any atom is 0.216 e. The average molecular weight is 356 g/mol. The van der Waals surface area contributed by atoms with Crippen molar-refractivity contribution in [2.45, 2.75) is 12.8 Å². The predicted molar refractivity (Wildman–Crippen MR) is 97.3 cm³/mol. The topological polar surface area (TPSA) is 91.1 Å². The SMILES string of the molecule is CN=C(NCCc1ccc(F)cc1)NCCc1nc(-c2ccco2)n[nH]1. The minimum Gasteiger partial charge on any atom is -0.461 e. The third-order valence-corrected chi connectivity index (χ3v) is 3.77. The lowest BCUT2D eigenvalue weighted by atomic mass is 10.1. The summed E-state index contributed by atoms with van der Waals surface area (Å²) < 4.78 is 18.2. The van der Waals surface area contributed by atoms with Gasteiger partial charge in [0.15, 0.2) is 11.7 Å². The zero-order valence-corrected chi connectivity index (χ0v) is 14.5. The minimum absolute atomic E-state index is 0.221. The van der Waals surface area contributed by atoms with E-state index in [1.807, 2.05) is 6.07 Å². The Kier molecular flexibility index (Phi) is 5.97. The Morgan fingerprint density at radius 3 is 2.62 bits per heavy atom. The van der Waals surface area contributed by atoms with Crippen LogP contribution < -0.4 is 10.6 Å². The molecule has 8 heteroatoms. The molecule has 1 aromatic carbocycles. The van der Waals surface area contributed by atoms with Gasteiger partial charge in [-0.3, -0.25) is 10.1 Å². The number of nitrogens with one attached hydrogen (secondary N) is 3. The lowest BCUT2D eigenvalue weighted by Gasteiger charge is -2.11. The summed E-state index contributed by atoms with van der Waals surface area (Å²) in [5, 5.41) is 13.5. The second kappa shape index (κ2) is 8.80. The van der Waals surface area contributed by atoms with Gasteiger partial charge in [0.2, 0.25) is 5.82 Å². The van der Waals surface area contributed by atoms with Gasteiger partial charge in [0.05, 0.1) is 6.26 Å². The molecule has 0 radical (unpaired) electrons. The van der Waals surface area contributed by atoms with Crippen LogP contribution in [0.1, 0.15) is 11.4 Å².